The molecule has 0 saturated carbocycles. The van der Waals surface area contributed by atoms with E-state index in [0.29, 0.717) is 0 Å². The molecule has 1 amide bonds. The van der Waals surface area contributed by atoms with Gasteiger partial charge in [0.2, 0.25) is 0 Å². The van der Waals surface area contributed by atoms with Crippen LogP contribution in [0, 0.1) is 0 Å². The molecule has 0 spiro atoms. The van der Waals surface area contributed by atoms with Crippen molar-refractivity contribution >= 4 is 16.2 Å². The summed E-state index contributed by atoms with van der Waals surface area (Å²) >= 11 is 0. The molecule has 0 fully saturated rings. The minimum atomic E-state index is -3.94. The predicted molar refractivity (Wildman–Crippen MR) is 41.4 cm³/mol. The van der Waals surface area contributed by atoms with E-state index in [-0.39, 0.29) is 13.0 Å². The second kappa shape index (κ2) is 4.94. The molecule has 72 valence electrons. The molecule has 0 atom stereocenters. The van der Waals surface area contributed by atoms with Crippen molar-refractivity contribution in [1.29, 1.82) is 0 Å². The fourth-order valence-corrected chi connectivity index (χ4v) is 0.961. The Kier molecular flexibility index (Phi) is 4.60. The van der Waals surface area contributed by atoms with Gasteiger partial charge < -0.3 is 10.1 Å². The molecular formula is C5H11NO5S. The van der Waals surface area contributed by atoms with Crippen LogP contribution < -0.4 is 5.32 Å². The average molecular weight is 197 g/mol. The largest absolute Gasteiger partial charge is 0.450 e. The molecular weight excluding hydrogens is 186 g/mol. The van der Waals surface area contributed by atoms with Crippen molar-refractivity contribution in [3.63, 3.8) is 0 Å². The standard InChI is InChI=1S/C5H11NO5S/c1-6-5(7)11-3-2-4-12(8,9)10/h2-4H2,1H3,(H,6,7)(H,8,9,10). The van der Waals surface area contributed by atoms with Crippen molar-refractivity contribution in [1.82, 2.24) is 5.32 Å². The van der Waals surface area contributed by atoms with Crippen LogP contribution in [0.5, 0.6) is 0 Å². The summed E-state index contributed by atoms with van der Waals surface area (Å²) in [4.78, 5) is 10.4. The van der Waals surface area contributed by atoms with Crippen LogP contribution >= 0.6 is 0 Å². The Hall–Kier alpha value is -0.820. The van der Waals surface area contributed by atoms with Crippen molar-refractivity contribution in [2.24, 2.45) is 0 Å². The Morgan fingerprint density at radius 1 is 1.58 bits per heavy atom. The lowest BCUT2D eigenvalue weighted by Crippen LogP contribution is -2.20. The molecule has 7 heteroatoms. The summed E-state index contributed by atoms with van der Waals surface area (Å²) in [6.07, 6.45) is -0.531. The maximum absolute atomic E-state index is 10.4. The quantitative estimate of drug-likeness (QED) is 0.473. The lowest BCUT2D eigenvalue weighted by Gasteiger charge is -2.01. The highest BCUT2D eigenvalue weighted by atomic mass is 32.2. The highest BCUT2D eigenvalue weighted by Gasteiger charge is 2.04. The molecule has 0 rings (SSSR count). The van der Waals surface area contributed by atoms with Crippen molar-refractivity contribution < 1.29 is 22.5 Å². The first-order valence-electron chi connectivity index (χ1n) is 3.25. The monoisotopic (exact) mass is 197 g/mol. The number of alkyl carbamates (subject to hydrolysis) is 1. The van der Waals surface area contributed by atoms with E-state index in [9.17, 15) is 13.2 Å². The highest BCUT2D eigenvalue weighted by molar-refractivity contribution is 7.85. The second-order valence-corrected chi connectivity index (χ2v) is 3.60. The third-order valence-corrected chi connectivity index (χ3v) is 1.79. The van der Waals surface area contributed by atoms with Crippen LogP contribution in [-0.4, -0.2) is 38.5 Å². The van der Waals surface area contributed by atoms with Gasteiger partial charge in [0.1, 0.15) is 0 Å². The minimum Gasteiger partial charge on any atom is -0.450 e. The molecule has 0 aliphatic carbocycles. The summed E-state index contributed by atoms with van der Waals surface area (Å²) in [5.74, 6) is -0.399. The third kappa shape index (κ3) is 7.29. The molecule has 0 aromatic rings. The maximum atomic E-state index is 10.4. The number of hydrogen-bond acceptors (Lipinski definition) is 4. The van der Waals surface area contributed by atoms with E-state index in [2.05, 4.69) is 10.1 Å². The lowest BCUT2D eigenvalue weighted by atomic mass is 10.5. The first-order chi connectivity index (χ1) is 5.45. The summed E-state index contributed by atoms with van der Waals surface area (Å²) in [5, 5.41) is 2.19. The number of carbonyl (C=O) groups is 1. The van der Waals surface area contributed by atoms with Gasteiger partial charge in [-0.05, 0) is 6.42 Å². The molecule has 0 radical (unpaired) electrons. The Morgan fingerprint density at radius 3 is 2.58 bits per heavy atom. The lowest BCUT2D eigenvalue weighted by molar-refractivity contribution is 0.148. The fourth-order valence-electron chi connectivity index (χ4n) is 0.478. The number of hydrogen-bond donors (Lipinski definition) is 2. The molecule has 0 heterocycles. The number of amides is 1. The molecule has 0 bridgehead atoms. The zero-order valence-electron chi connectivity index (χ0n) is 6.61. The van der Waals surface area contributed by atoms with E-state index >= 15 is 0 Å². The van der Waals surface area contributed by atoms with E-state index < -0.39 is 22.0 Å². The number of ether oxygens (including phenoxy) is 1. The normalized spacial score (nSPS) is 10.8. The molecule has 0 unspecified atom stereocenters. The van der Waals surface area contributed by atoms with Crippen LogP contribution in [0.15, 0.2) is 0 Å². The van der Waals surface area contributed by atoms with Gasteiger partial charge in [-0.1, -0.05) is 0 Å². The molecule has 0 aromatic heterocycles. The van der Waals surface area contributed by atoms with Gasteiger partial charge in [0, 0.05) is 7.05 Å². The predicted octanol–water partition coefficient (Wildman–Crippen LogP) is -0.380. The number of carbonyl (C=O) groups excluding carboxylic acids is 1. The topological polar surface area (TPSA) is 92.7 Å². The van der Waals surface area contributed by atoms with Crippen LogP contribution in [-0.2, 0) is 14.9 Å². The SMILES string of the molecule is CNC(=O)OCCCS(=O)(=O)O. The van der Waals surface area contributed by atoms with Gasteiger partial charge in [0.15, 0.2) is 0 Å². The van der Waals surface area contributed by atoms with Crippen molar-refractivity contribution in [3.05, 3.63) is 0 Å². The van der Waals surface area contributed by atoms with Crippen LogP contribution in [0.25, 0.3) is 0 Å². The number of rotatable bonds is 4. The van der Waals surface area contributed by atoms with Gasteiger partial charge in [-0.2, -0.15) is 8.42 Å². The van der Waals surface area contributed by atoms with Gasteiger partial charge in [-0.15, -0.1) is 0 Å². The third-order valence-electron chi connectivity index (χ3n) is 0.984. The molecule has 0 aromatic carbocycles. The summed E-state index contributed by atoms with van der Waals surface area (Å²) in [7, 11) is -2.55. The number of nitrogens with one attached hydrogen (secondary N) is 1. The second-order valence-electron chi connectivity index (χ2n) is 2.03. The highest BCUT2D eigenvalue weighted by Crippen LogP contribution is 1.89. The van der Waals surface area contributed by atoms with E-state index in [1.807, 2.05) is 0 Å². The smallest absolute Gasteiger partial charge is 0.406 e. The van der Waals surface area contributed by atoms with Crippen LogP contribution in [0.3, 0.4) is 0 Å². The van der Waals surface area contributed by atoms with Gasteiger partial charge in [-0.3, -0.25) is 4.55 Å². The van der Waals surface area contributed by atoms with Crippen molar-refractivity contribution in [2.75, 3.05) is 19.4 Å². The molecule has 0 saturated heterocycles. The van der Waals surface area contributed by atoms with Crippen LogP contribution in [0.4, 0.5) is 4.79 Å². The van der Waals surface area contributed by atoms with E-state index in [4.69, 9.17) is 4.55 Å². The zero-order chi connectivity index (χ0) is 9.61. The van der Waals surface area contributed by atoms with Crippen molar-refractivity contribution in [2.45, 2.75) is 6.42 Å². The first-order valence-corrected chi connectivity index (χ1v) is 4.86. The fraction of sp³-hybridized carbons (Fsp3) is 0.800. The molecule has 0 aliphatic rings. The Bertz CT molecular complexity index is 234. The minimum absolute atomic E-state index is 0.0283. The summed E-state index contributed by atoms with van der Waals surface area (Å²) in [6, 6.07) is 0. The molecule has 2 N–H and O–H groups in total. The summed E-state index contributed by atoms with van der Waals surface area (Å²) < 4.78 is 33.0. The Labute approximate surface area is 70.7 Å². The molecule has 0 aliphatic heterocycles. The average Bonchev–Trinajstić information content (AvgIpc) is 1.96. The Morgan fingerprint density at radius 2 is 2.17 bits per heavy atom. The van der Waals surface area contributed by atoms with E-state index in [1.165, 1.54) is 7.05 Å². The van der Waals surface area contributed by atoms with E-state index in [0.717, 1.165) is 0 Å². The molecule has 6 nitrogen and oxygen atoms in total. The van der Waals surface area contributed by atoms with Gasteiger partial charge in [0.25, 0.3) is 10.1 Å². The van der Waals surface area contributed by atoms with Gasteiger partial charge >= 0.3 is 6.09 Å². The van der Waals surface area contributed by atoms with Gasteiger partial charge in [-0.25, -0.2) is 4.79 Å². The van der Waals surface area contributed by atoms with Crippen molar-refractivity contribution in [3.8, 4) is 0 Å². The van der Waals surface area contributed by atoms with E-state index in [1.54, 1.807) is 0 Å². The zero-order valence-corrected chi connectivity index (χ0v) is 7.43. The van der Waals surface area contributed by atoms with Crippen LogP contribution in [0.1, 0.15) is 6.42 Å². The maximum Gasteiger partial charge on any atom is 0.406 e. The Balaban J connectivity index is 3.40. The van der Waals surface area contributed by atoms with Crippen LogP contribution in [0.2, 0.25) is 0 Å². The summed E-state index contributed by atoms with van der Waals surface area (Å²) in [6.45, 7) is -0.0283. The first kappa shape index (κ1) is 11.2. The van der Waals surface area contributed by atoms with Gasteiger partial charge in [0.05, 0.1) is 12.4 Å². The molecule has 12 heavy (non-hydrogen) atoms. The summed E-state index contributed by atoms with van der Waals surface area (Å²) in [5.41, 5.74) is 0.